The fourth-order valence-electron chi connectivity index (χ4n) is 3.80. The number of nitrogens with zero attached hydrogens (tertiary/aromatic N) is 6. The number of aliphatic hydroxyl groups is 1. The Balaban J connectivity index is 1.27. The summed E-state index contributed by atoms with van der Waals surface area (Å²) in [5.41, 5.74) is 2.17. The molecule has 5 rings (SSSR count). The zero-order valence-electron chi connectivity index (χ0n) is 15.7. The maximum Gasteiger partial charge on any atom is 0.257 e. The second kappa shape index (κ2) is 7.14. The van der Waals surface area contributed by atoms with E-state index in [0.29, 0.717) is 50.3 Å². The van der Waals surface area contributed by atoms with Gasteiger partial charge in [0.05, 0.1) is 43.3 Å². The lowest BCUT2D eigenvalue weighted by atomic mass is 10.1. The molecule has 2 fully saturated rings. The first-order chi connectivity index (χ1) is 13.7. The number of rotatable bonds is 4. The Bertz CT molecular complexity index is 857. The average Bonchev–Trinajstić information content (AvgIpc) is 3.51. The summed E-state index contributed by atoms with van der Waals surface area (Å²) in [6.45, 7) is 4.56. The summed E-state index contributed by atoms with van der Waals surface area (Å²) in [7, 11) is 0. The molecular weight excluding hydrogens is 360 g/mol. The lowest BCUT2D eigenvalue weighted by Gasteiger charge is -2.28. The van der Waals surface area contributed by atoms with Gasteiger partial charge in [-0.3, -0.25) is 9.48 Å². The number of morpholine rings is 1. The zero-order valence-corrected chi connectivity index (χ0v) is 15.7. The average molecular weight is 384 g/mol. The first-order valence-electron chi connectivity index (χ1n) is 9.88. The molecule has 0 radical (unpaired) electrons. The Morgan fingerprint density at radius 2 is 1.89 bits per heavy atom. The standard InChI is InChI=1S/C19H24N6O3/c26-17(13-1-2-13)16-9-15-12-24(3-4-25(15)22-16)18(27)14-10-20-19(21-11-14)23-5-7-28-8-6-23/h9-11,13,17,26H,1-8,12H2. The largest absolute Gasteiger partial charge is 0.386 e. The predicted molar refractivity (Wildman–Crippen MR) is 99.7 cm³/mol. The number of aromatic nitrogens is 4. The van der Waals surface area contributed by atoms with Gasteiger partial charge in [0.15, 0.2) is 0 Å². The molecule has 1 saturated carbocycles. The van der Waals surface area contributed by atoms with Gasteiger partial charge in [-0.15, -0.1) is 0 Å². The quantitative estimate of drug-likeness (QED) is 0.825. The van der Waals surface area contributed by atoms with E-state index >= 15 is 0 Å². The molecule has 0 aromatic carbocycles. The SMILES string of the molecule is O=C(c1cnc(N2CCOCC2)nc1)N1CCn2nc(C(O)C3CC3)cc2C1. The third-order valence-electron chi connectivity index (χ3n) is 5.65. The van der Waals surface area contributed by atoms with E-state index in [1.165, 1.54) is 0 Å². The molecule has 28 heavy (non-hydrogen) atoms. The van der Waals surface area contributed by atoms with Crippen LogP contribution in [0.5, 0.6) is 0 Å². The smallest absolute Gasteiger partial charge is 0.257 e. The van der Waals surface area contributed by atoms with Gasteiger partial charge in [-0.1, -0.05) is 0 Å². The van der Waals surface area contributed by atoms with Crippen LogP contribution in [0.2, 0.25) is 0 Å². The number of anilines is 1. The minimum absolute atomic E-state index is 0.0785. The summed E-state index contributed by atoms with van der Waals surface area (Å²) in [4.78, 5) is 25.5. The van der Waals surface area contributed by atoms with E-state index in [4.69, 9.17) is 4.74 Å². The third-order valence-corrected chi connectivity index (χ3v) is 5.65. The molecule has 1 unspecified atom stereocenters. The maximum absolute atomic E-state index is 12.9. The van der Waals surface area contributed by atoms with E-state index in [-0.39, 0.29) is 5.91 Å². The van der Waals surface area contributed by atoms with Crippen molar-refractivity contribution < 1.29 is 14.6 Å². The Kier molecular flexibility index (Phi) is 4.48. The molecule has 0 spiro atoms. The van der Waals surface area contributed by atoms with E-state index in [2.05, 4.69) is 20.0 Å². The summed E-state index contributed by atoms with van der Waals surface area (Å²) in [5.74, 6) is 0.900. The van der Waals surface area contributed by atoms with Gasteiger partial charge in [0.1, 0.15) is 6.10 Å². The summed E-state index contributed by atoms with van der Waals surface area (Å²) in [6.07, 6.45) is 4.86. The molecule has 9 heteroatoms. The third kappa shape index (κ3) is 3.35. The highest BCUT2D eigenvalue weighted by Gasteiger charge is 2.33. The van der Waals surface area contributed by atoms with Gasteiger partial charge in [0.25, 0.3) is 5.91 Å². The second-order valence-electron chi connectivity index (χ2n) is 7.66. The lowest BCUT2D eigenvalue weighted by Crippen LogP contribution is -2.39. The molecule has 2 aliphatic heterocycles. The number of fused-ring (bicyclic) bond motifs is 1. The van der Waals surface area contributed by atoms with Crippen molar-refractivity contribution in [3.8, 4) is 0 Å². The fraction of sp³-hybridized carbons (Fsp3) is 0.579. The number of hydrogen-bond donors (Lipinski definition) is 1. The van der Waals surface area contributed by atoms with Gasteiger partial charge < -0.3 is 19.6 Å². The molecule has 1 amide bonds. The van der Waals surface area contributed by atoms with E-state index in [9.17, 15) is 9.90 Å². The van der Waals surface area contributed by atoms with Crippen molar-refractivity contribution in [2.45, 2.75) is 32.0 Å². The Morgan fingerprint density at radius 3 is 2.61 bits per heavy atom. The molecular formula is C19H24N6O3. The minimum atomic E-state index is -0.483. The van der Waals surface area contributed by atoms with Crippen LogP contribution in [0.4, 0.5) is 5.95 Å². The topological polar surface area (TPSA) is 96.6 Å². The number of hydrogen-bond acceptors (Lipinski definition) is 7. The van der Waals surface area contributed by atoms with Gasteiger partial charge >= 0.3 is 0 Å². The van der Waals surface area contributed by atoms with Crippen LogP contribution in [0.3, 0.4) is 0 Å². The van der Waals surface area contributed by atoms with E-state index < -0.39 is 6.10 Å². The Morgan fingerprint density at radius 1 is 1.14 bits per heavy atom. The van der Waals surface area contributed by atoms with Crippen molar-refractivity contribution in [2.24, 2.45) is 5.92 Å². The number of carbonyl (C=O) groups is 1. The van der Waals surface area contributed by atoms with Crippen LogP contribution in [-0.4, -0.2) is 68.5 Å². The molecule has 1 atom stereocenters. The molecule has 1 aliphatic carbocycles. The van der Waals surface area contributed by atoms with Crippen LogP contribution >= 0.6 is 0 Å². The summed E-state index contributed by atoms with van der Waals surface area (Å²) in [5, 5.41) is 14.8. The molecule has 0 bridgehead atoms. The number of ether oxygens (including phenoxy) is 1. The normalized spacial score (nSPS) is 20.8. The van der Waals surface area contributed by atoms with Crippen LogP contribution in [0, 0.1) is 5.92 Å². The highest BCUT2D eigenvalue weighted by Crippen LogP contribution is 2.40. The zero-order chi connectivity index (χ0) is 19.1. The molecule has 3 aliphatic rings. The van der Waals surface area contributed by atoms with Crippen LogP contribution in [0.25, 0.3) is 0 Å². The van der Waals surface area contributed by atoms with E-state index in [1.807, 2.05) is 10.7 Å². The highest BCUT2D eigenvalue weighted by atomic mass is 16.5. The lowest BCUT2D eigenvalue weighted by molar-refractivity contribution is 0.0704. The summed E-state index contributed by atoms with van der Waals surface area (Å²) < 4.78 is 7.25. The van der Waals surface area contributed by atoms with Crippen molar-refractivity contribution in [2.75, 3.05) is 37.7 Å². The van der Waals surface area contributed by atoms with Gasteiger partial charge in [-0.05, 0) is 24.8 Å². The monoisotopic (exact) mass is 384 g/mol. The fourth-order valence-corrected chi connectivity index (χ4v) is 3.80. The van der Waals surface area contributed by atoms with Gasteiger partial charge in [0.2, 0.25) is 5.95 Å². The van der Waals surface area contributed by atoms with Crippen LogP contribution in [-0.2, 0) is 17.8 Å². The van der Waals surface area contributed by atoms with E-state index in [0.717, 1.165) is 37.3 Å². The van der Waals surface area contributed by atoms with Gasteiger partial charge in [0, 0.05) is 32.0 Å². The molecule has 4 heterocycles. The van der Waals surface area contributed by atoms with Crippen LogP contribution in [0.1, 0.15) is 40.7 Å². The Hall–Kier alpha value is -2.52. The van der Waals surface area contributed by atoms with Crippen molar-refractivity contribution >= 4 is 11.9 Å². The molecule has 1 N–H and O–H groups in total. The van der Waals surface area contributed by atoms with Crippen LogP contribution < -0.4 is 4.90 Å². The summed E-state index contributed by atoms with van der Waals surface area (Å²) >= 11 is 0. The number of amides is 1. The predicted octanol–water partition coefficient (Wildman–Crippen LogP) is 0.609. The first-order valence-corrected chi connectivity index (χ1v) is 9.88. The minimum Gasteiger partial charge on any atom is -0.386 e. The van der Waals surface area contributed by atoms with Crippen molar-refractivity contribution in [3.63, 3.8) is 0 Å². The number of aliphatic hydroxyl groups excluding tert-OH is 1. The molecule has 9 nitrogen and oxygen atoms in total. The van der Waals surface area contributed by atoms with Crippen molar-refractivity contribution in [1.29, 1.82) is 0 Å². The van der Waals surface area contributed by atoms with Crippen LogP contribution in [0.15, 0.2) is 18.5 Å². The number of carbonyl (C=O) groups excluding carboxylic acids is 1. The second-order valence-corrected chi connectivity index (χ2v) is 7.66. The van der Waals surface area contributed by atoms with Gasteiger partial charge in [-0.2, -0.15) is 5.10 Å². The summed E-state index contributed by atoms with van der Waals surface area (Å²) in [6, 6.07) is 1.93. The molecule has 2 aromatic heterocycles. The van der Waals surface area contributed by atoms with Gasteiger partial charge in [-0.25, -0.2) is 9.97 Å². The molecule has 1 saturated heterocycles. The Labute approximate surface area is 162 Å². The van der Waals surface area contributed by atoms with Crippen molar-refractivity contribution in [3.05, 3.63) is 35.4 Å². The van der Waals surface area contributed by atoms with Crippen molar-refractivity contribution in [1.82, 2.24) is 24.6 Å². The highest BCUT2D eigenvalue weighted by molar-refractivity contribution is 5.93. The maximum atomic E-state index is 12.9. The molecule has 148 valence electrons. The first kappa shape index (κ1) is 17.6. The molecule has 2 aromatic rings. The van der Waals surface area contributed by atoms with E-state index in [1.54, 1.807) is 17.3 Å².